The van der Waals surface area contributed by atoms with E-state index >= 15 is 0 Å². The Balaban J connectivity index is 1.60. The smallest absolute Gasteiger partial charge is 0.270 e. The first-order valence-electron chi connectivity index (χ1n) is 8.01. The summed E-state index contributed by atoms with van der Waals surface area (Å²) in [5.41, 5.74) is 1.53. The third kappa shape index (κ3) is 5.26. The molecule has 3 rings (SSSR count). The van der Waals surface area contributed by atoms with Crippen LogP contribution in [0.2, 0.25) is 5.02 Å². The van der Waals surface area contributed by atoms with E-state index in [0.29, 0.717) is 22.9 Å². The first-order valence-corrected chi connectivity index (χ1v) is 8.39. The molecule has 0 radical (unpaired) electrons. The molecule has 0 aliphatic rings. The van der Waals surface area contributed by atoms with Gasteiger partial charge in [0.05, 0.1) is 11.5 Å². The number of amides is 1. The normalized spacial score (nSPS) is 10.9. The van der Waals surface area contributed by atoms with Crippen LogP contribution in [0.1, 0.15) is 11.1 Å². The fraction of sp³-hybridized carbons (Fsp3) is 0.0526. The molecule has 1 N–H and O–H groups in total. The number of anilines is 1. The van der Waals surface area contributed by atoms with Gasteiger partial charge in [-0.3, -0.25) is 19.6 Å². The Labute approximate surface area is 160 Å². The summed E-state index contributed by atoms with van der Waals surface area (Å²) >= 11 is 5.97. The minimum absolute atomic E-state index is 0.0303. The van der Waals surface area contributed by atoms with Crippen LogP contribution in [0.25, 0.3) is 6.08 Å². The number of benzene rings is 2. The van der Waals surface area contributed by atoms with E-state index in [-0.39, 0.29) is 11.6 Å². The van der Waals surface area contributed by atoms with E-state index in [0.717, 1.165) is 5.56 Å². The van der Waals surface area contributed by atoms with Crippen LogP contribution in [0.4, 0.5) is 11.5 Å². The zero-order valence-corrected chi connectivity index (χ0v) is 14.8. The number of nitro benzene ring substituents is 1. The molecule has 3 aromatic rings. The number of nitrogens with one attached hydrogen (secondary N) is 1. The summed E-state index contributed by atoms with van der Waals surface area (Å²) in [4.78, 5) is 22.3. The number of carbonyl (C=O) groups is 1. The SMILES string of the molecule is O=C(/C=C/c1cccc([N+](=O)[O-])c1)Nc1ccn(Cc2cccc(Cl)c2)n1. The lowest BCUT2D eigenvalue weighted by Crippen LogP contribution is -2.09. The third-order valence-corrected chi connectivity index (χ3v) is 3.87. The lowest BCUT2D eigenvalue weighted by Gasteiger charge is -2.02. The molecule has 0 bridgehead atoms. The molecule has 0 aliphatic heterocycles. The summed E-state index contributed by atoms with van der Waals surface area (Å²) in [6, 6.07) is 15.2. The van der Waals surface area contributed by atoms with Crippen LogP contribution in [0, 0.1) is 10.1 Å². The van der Waals surface area contributed by atoms with Crippen LogP contribution in [-0.2, 0) is 11.3 Å². The monoisotopic (exact) mass is 382 g/mol. The molecule has 8 heteroatoms. The van der Waals surface area contributed by atoms with Crippen molar-refractivity contribution in [1.82, 2.24) is 9.78 Å². The summed E-state index contributed by atoms with van der Waals surface area (Å²) in [6.07, 6.45) is 4.56. The molecule has 0 fully saturated rings. The summed E-state index contributed by atoms with van der Waals surface area (Å²) in [7, 11) is 0. The molecule has 0 saturated heterocycles. The summed E-state index contributed by atoms with van der Waals surface area (Å²) in [5, 5.41) is 18.4. The molecule has 1 amide bonds. The van der Waals surface area contributed by atoms with Gasteiger partial charge in [0.15, 0.2) is 5.82 Å². The number of nitro groups is 1. The number of rotatable bonds is 6. The van der Waals surface area contributed by atoms with E-state index in [1.54, 1.807) is 35.1 Å². The standard InChI is InChI=1S/C19H15ClN4O3/c20-16-5-1-4-15(11-16)13-23-10-9-18(22-23)21-19(25)8-7-14-3-2-6-17(12-14)24(26)27/h1-12H,13H2,(H,21,22,25)/b8-7+. The van der Waals surface area contributed by atoms with Gasteiger partial charge in [-0.05, 0) is 29.3 Å². The minimum Gasteiger partial charge on any atom is -0.306 e. The van der Waals surface area contributed by atoms with E-state index in [1.165, 1.54) is 24.3 Å². The van der Waals surface area contributed by atoms with Crippen molar-refractivity contribution in [2.45, 2.75) is 6.54 Å². The fourth-order valence-corrected chi connectivity index (χ4v) is 2.63. The van der Waals surface area contributed by atoms with Gasteiger partial charge in [0, 0.05) is 35.5 Å². The average molecular weight is 383 g/mol. The highest BCUT2D eigenvalue weighted by Crippen LogP contribution is 2.15. The van der Waals surface area contributed by atoms with Gasteiger partial charge in [-0.25, -0.2) is 0 Å². The van der Waals surface area contributed by atoms with E-state index < -0.39 is 4.92 Å². The van der Waals surface area contributed by atoms with Gasteiger partial charge in [-0.2, -0.15) is 5.10 Å². The van der Waals surface area contributed by atoms with Crippen molar-refractivity contribution in [3.63, 3.8) is 0 Å². The second kappa shape index (κ2) is 8.29. The van der Waals surface area contributed by atoms with Gasteiger partial charge in [-0.1, -0.05) is 35.9 Å². The predicted octanol–water partition coefficient (Wildman–Crippen LogP) is 4.14. The summed E-state index contributed by atoms with van der Waals surface area (Å²) in [6.45, 7) is 0.528. The second-order valence-electron chi connectivity index (χ2n) is 5.70. The van der Waals surface area contributed by atoms with Gasteiger partial charge in [0.25, 0.3) is 5.69 Å². The topological polar surface area (TPSA) is 90.1 Å². The van der Waals surface area contributed by atoms with Crippen molar-refractivity contribution in [2.24, 2.45) is 0 Å². The second-order valence-corrected chi connectivity index (χ2v) is 6.14. The Morgan fingerprint density at radius 3 is 2.81 bits per heavy atom. The van der Waals surface area contributed by atoms with Crippen LogP contribution in [0.3, 0.4) is 0 Å². The summed E-state index contributed by atoms with van der Waals surface area (Å²) in [5.74, 6) is 0.0280. The Morgan fingerprint density at radius 2 is 2.04 bits per heavy atom. The number of carbonyl (C=O) groups excluding carboxylic acids is 1. The number of hydrogen-bond donors (Lipinski definition) is 1. The maximum Gasteiger partial charge on any atom is 0.270 e. The maximum absolute atomic E-state index is 12.0. The molecule has 0 aliphatic carbocycles. The molecule has 0 spiro atoms. The van der Waals surface area contributed by atoms with Crippen LogP contribution in [0.15, 0.2) is 66.9 Å². The van der Waals surface area contributed by atoms with Gasteiger partial charge < -0.3 is 5.32 Å². The van der Waals surface area contributed by atoms with Gasteiger partial charge in [-0.15, -0.1) is 0 Å². The molecule has 1 aromatic heterocycles. The highest BCUT2D eigenvalue weighted by atomic mass is 35.5. The van der Waals surface area contributed by atoms with Crippen LogP contribution in [0.5, 0.6) is 0 Å². The molecule has 7 nitrogen and oxygen atoms in total. The number of non-ortho nitro benzene ring substituents is 1. The molecule has 0 atom stereocenters. The van der Waals surface area contributed by atoms with E-state index in [9.17, 15) is 14.9 Å². The van der Waals surface area contributed by atoms with Crippen molar-refractivity contribution in [3.05, 3.63) is 93.1 Å². The zero-order valence-electron chi connectivity index (χ0n) is 14.1. The Kier molecular flexibility index (Phi) is 5.63. The van der Waals surface area contributed by atoms with Crippen molar-refractivity contribution < 1.29 is 9.72 Å². The fourth-order valence-electron chi connectivity index (χ4n) is 2.42. The highest BCUT2D eigenvalue weighted by Gasteiger charge is 2.05. The first kappa shape index (κ1) is 18.3. The van der Waals surface area contributed by atoms with E-state index in [1.807, 2.05) is 18.2 Å². The van der Waals surface area contributed by atoms with Gasteiger partial charge >= 0.3 is 0 Å². The van der Waals surface area contributed by atoms with Crippen molar-refractivity contribution in [1.29, 1.82) is 0 Å². The molecular weight excluding hydrogens is 368 g/mol. The molecule has 0 unspecified atom stereocenters. The largest absolute Gasteiger partial charge is 0.306 e. The number of halogens is 1. The predicted molar refractivity (Wildman–Crippen MR) is 104 cm³/mol. The van der Waals surface area contributed by atoms with Crippen molar-refractivity contribution >= 4 is 35.1 Å². The molecule has 27 heavy (non-hydrogen) atoms. The summed E-state index contributed by atoms with van der Waals surface area (Å²) < 4.78 is 1.69. The minimum atomic E-state index is -0.482. The van der Waals surface area contributed by atoms with Gasteiger partial charge in [0.1, 0.15) is 0 Å². The first-order chi connectivity index (χ1) is 13.0. The lowest BCUT2D eigenvalue weighted by molar-refractivity contribution is -0.384. The average Bonchev–Trinajstić information content (AvgIpc) is 3.07. The molecular formula is C19H15ClN4O3. The molecule has 2 aromatic carbocycles. The molecule has 0 saturated carbocycles. The van der Waals surface area contributed by atoms with E-state index in [2.05, 4.69) is 10.4 Å². The lowest BCUT2D eigenvalue weighted by atomic mass is 10.2. The Morgan fingerprint density at radius 1 is 1.22 bits per heavy atom. The number of nitrogens with zero attached hydrogens (tertiary/aromatic N) is 3. The van der Waals surface area contributed by atoms with Gasteiger partial charge in [0.2, 0.25) is 5.91 Å². The van der Waals surface area contributed by atoms with E-state index in [4.69, 9.17) is 11.6 Å². The van der Waals surface area contributed by atoms with Crippen molar-refractivity contribution in [2.75, 3.05) is 5.32 Å². The Bertz CT molecular complexity index is 1010. The van der Waals surface area contributed by atoms with Crippen LogP contribution in [-0.4, -0.2) is 20.6 Å². The molecule has 1 heterocycles. The maximum atomic E-state index is 12.0. The highest BCUT2D eigenvalue weighted by molar-refractivity contribution is 6.30. The number of aromatic nitrogens is 2. The number of hydrogen-bond acceptors (Lipinski definition) is 4. The quantitative estimate of drug-likeness (QED) is 0.394. The Hall–Kier alpha value is -3.45. The van der Waals surface area contributed by atoms with Crippen LogP contribution >= 0.6 is 11.6 Å². The van der Waals surface area contributed by atoms with Crippen molar-refractivity contribution in [3.8, 4) is 0 Å². The zero-order chi connectivity index (χ0) is 19.2. The third-order valence-electron chi connectivity index (χ3n) is 3.63. The molecule has 136 valence electrons. The van der Waals surface area contributed by atoms with Crippen LogP contribution < -0.4 is 5.32 Å².